The van der Waals surface area contributed by atoms with Gasteiger partial charge in [0.15, 0.2) is 6.29 Å². The maximum absolute atomic E-state index is 13.7. The van der Waals surface area contributed by atoms with Crippen LogP contribution in [-0.2, 0) is 43.9 Å². The summed E-state index contributed by atoms with van der Waals surface area (Å²) in [5.74, 6) is -0.324. The number of carbonyl (C=O) groups excluding carboxylic acids is 1. The second-order valence-corrected chi connectivity index (χ2v) is 19.0. The van der Waals surface area contributed by atoms with Crippen LogP contribution >= 0.6 is 0 Å². The number of hydrogen-bond acceptors (Lipinski definition) is 7. The quantitative estimate of drug-likeness (QED) is 0.0511. The first-order valence-corrected chi connectivity index (χ1v) is 24.8. The van der Waals surface area contributed by atoms with Gasteiger partial charge in [0.25, 0.3) is 0 Å². The summed E-state index contributed by atoms with van der Waals surface area (Å²) >= 11 is 0. The van der Waals surface area contributed by atoms with E-state index in [0.29, 0.717) is 0 Å². The van der Waals surface area contributed by atoms with Gasteiger partial charge in [-0.3, -0.25) is 4.79 Å². The summed E-state index contributed by atoms with van der Waals surface area (Å²) < 4.78 is 43.2. The molecule has 338 valence electrons. The topological polar surface area (TPSA) is 117 Å². The molecule has 0 aliphatic carbocycles. The monoisotopic (exact) mass is 868 g/mol. The van der Waals surface area contributed by atoms with Gasteiger partial charge >= 0.3 is 0 Å². The molecule has 5 atom stereocenters. The van der Waals surface area contributed by atoms with E-state index in [9.17, 15) is 18.3 Å². The molecule has 1 amide bonds. The van der Waals surface area contributed by atoms with Crippen LogP contribution in [0, 0.1) is 12.8 Å². The van der Waals surface area contributed by atoms with Gasteiger partial charge in [-0.05, 0) is 73.7 Å². The van der Waals surface area contributed by atoms with E-state index < -0.39 is 28.3 Å². The first-order valence-electron chi connectivity index (χ1n) is 23.3. The Bertz CT molecular complexity index is 1960. The number of aliphatic hydroxyl groups is 1. The highest BCUT2D eigenvalue weighted by Gasteiger charge is 2.39. The minimum atomic E-state index is -3.96. The lowest BCUT2D eigenvalue weighted by Gasteiger charge is -2.43. The van der Waals surface area contributed by atoms with Crippen molar-refractivity contribution in [2.75, 3.05) is 19.6 Å². The smallest absolute Gasteiger partial charge is 0.241 e. The first-order chi connectivity index (χ1) is 30.1. The molecule has 0 radical (unpaired) electrons. The van der Waals surface area contributed by atoms with Gasteiger partial charge in [-0.15, -0.1) is 0 Å². The minimum absolute atomic E-state index is 0.00884. The molecule has 1 fully saturated rings. The Kier molecular flexibility index (Phi) is 20.6. The highest BCUT2D eigenvalue weighted by molar-refractivity contribution is 7.89. The summed E-state index contributed by atoms with van der Waals surface area (Å²) in [5.41, 5.74) is 5.47. The zero-order chi connectivity index (χ0) is 44.2. The number of aryl methyl sites for hydroxylation is 1. The third-order valence-corrected chi connectivity index (χ3v) is 13.7. The molecular weight excluding hydrogens is 795 g/mol. The molecule has 1 heterocycles. The van der Waals surface area contributed by atoms with Crippen molar-refractivity contribution in [3.05, 3.63) is 137 Å². The van der Waals surface area contributed by atoms with Gasteiger partial charge in [-0.1, -0.05) is 182 Å². The highest BCUT2D eigenvalue weighted by Crippen LogP contribution is 2.42. The van der Waals surface area contributed by atoms with Crippen molar-refractivity contribution in [2.24, 2.45) is 5.92 Å². The number of nitrogens with one attached hydrogen (secondary N) is 2. The van der Waals surface area contributed by atoms with E-state index in [4.69, 9.17) is 9.47 Å². The maximum Gasteiger partial charge on any atom is 0.241 e. The molecule has 3 N–H and O–H groups in total. The van der Waals surface area contributed by atoms with Crippen LogP contribution in [0.25, 0.3) is 0 Å². The van der Waals surface area contributed by atoms with Crippen LogP contribution in [0.5, 0.6) is 0 Å². The molecule has 10 heteroatoms. The fraction of sp³-hybridized carbons (Fsp3) is 0.519. The second-order valence-electron chi connectivity index (χ2n) is 17.3. The van der Waals surface area contributed by atoms with Gasteiger partial charge in [-0.2, -0.15) is 4.72 Å². The second kappa shape index (κ2) is 26.0. The molecule has 0 aromatic heterocycles. The fourth-order valence-corrected chi connectivity index (χ4v) is 9.42. The molecule has 1 saturated heterocycles. The third kappa shape index (κ3) is 15.7. The van der Waals surface area contributed by atoms with Crippen molar-refractivity contribution in [1.29, 1.82) is 0 Å². The van der Waals surface area contributed by atoms with Crippen LogP contribution in [0.4, 0.5) is 0 Å². The molecule has 1 aliphatic rings. The lowest BCUT2D eigenvalue weighted by atomic mass is 9.90. The van der Waals surface area contributed by atoms with Gasteiger partial charge in [0.1, 0.15) is 6.04 Å². The molecule has 0 saturated carbocycles. The lowest BCUT2D eigenvalue weighted by molar-refractivity contribution is -0.276. The number of benzene rings is 4. The number of nitrogens with zero attached hydrogens (tertiary/aromatic N) is 1. The van der Waals surface area contributed by atoms with Crippen molar-refractivity contribution < 1.29 is 27.8 Å². The normalized spacial score (nSPS) is 18.5. The van der Waals surface area contributed by atoms with E-state index in [0.717, 1.165) is 53.0 Å². The maximum atomic E-state index is 13.7. The molecule has 4 aromatic rings. The van der Waals surface area contributed by atoms with E-state index >= 15 is 0 Å². The number of amides is 1. The van der Waals surface area contributed by atoms with Gasteiger partial charge in [0.05, 0.1) is 23.7 Å². The number of ether oxygens (including phenoxy) is 2. The predicted molar refractivity (Wildman–Crippen MR) is 250 cm³/mol. The highest BCUT2D eigenvalue weighted by atomic mass is 32.2. The molecule has 62 heavy (non-hydrogen) atoms. The van der Waals surface area contributed by atoms with Crippen molar-refractivity contribution in [2.45, 2.75) is 154 Å². The van der Waals surface area contributed by atoms with Crippen molar-refractivity contribution >= 4 is 15.9 Å². The molecule has 4 aromatic carbocycles. The zero-order valence-corrected chi connectivity index (χ0v) is 38.6. The molecule has 5 rings (SSSR count). The molecule has 9 nitrogen and oxygen atoms in total. The number of hydrogen-bond donors (Lipinski definition) is 3. The van der Waals surface area contributed by atoms with E-state index in [-0.39, 0.29) is 42.6 Å². The Morgan fingerprint density at radius 1 is 0.694 bits per heavy atom. The summed E-state index contributed by atoms with van der Waals surface area (Å²) in [6.45, 7) is 11.8. The molecule has 0 bridgehead atoms. The number of aliphatic hydroxyl groups excluding tert-OH is 1. The van der Waals surface area contributed by atoms with E-state index in [1.165, 1.54) is 77.0 Å². The molecule has 1 aliphatic heterocycles. The van der Waals surface area contributed by atoms with Crippen LogP contribution in [0.3, 0.4) is 0 Å². The van der Waals surface area contributed by atoms with Crippen LogP contribution in [0.1, 0.15) is 144 Å². The van der Waals surface area contributed by atoms with E-state index in [1.807, 2.05) is 73.7 Å². The number of sulfonamides is 1. The third-order valence-electron chi connectivity index (χ3n) is 12.2. The number of unbranched alkanes of at least 4 members (excludes halogenated alkanes) is 10. The van der Waals surface area contributed by atoms with Crippen LogP contribution in [-0.4, -0.2) is 56.1 Å². The summed E-state index contributed by atoms with van der Waals surface area (Å²) in [6.07, 6.45) is 14.5. The first kappa shape index (κ1) is 49.1. The molecule has 0 spiro atoms. The standard InChI is InChI=1S/C52H73N3O6S/c1-5-7-9-11-13-18-34-55(35-19-14-12-10-8-6-2)38-49-41(4)50(45-28-26-44(39-56)27-29-45)61-52(60-49)46-30-24-43(25-31-46)37-53-51(57)48(36-42-20-16-15-17-21-42)54-62(58,59)47-32-22-40(3)23-33-47/h15-17,20-33,41,48-50,52,54,56H,5-14,18-19,34-39H2,1-4H3,(H,53,57)/t41-,48+,49+,50+,52+/m0/s1. The summed E-state index contributed by atoms with van der Waals surface area (Å²) in [5, 5.41) is 12.7. The van der Waals surface area contributed by atoms with Crippen molar-refractivity contribution in [3.63, 3.8) is 0 Å². The van der Waals surface area contributed by atoms with Gasteiger partial charge in [0.2, 0.25) is 15.9 Å². The summed E-state index contributed by atoms with van der Waals surface area (Å²) in [7, 11) is -3.96. The Labute approximate surface area is 373 Å². The minimum Gasteiger partial charge on any atom is -0.392 e. The SMILES string of the molecule is CCCCCCCCN(CCCCCCCC)C[C@H]1O[C@@H](c2ccc(CNC(=O)[C@@H](Cc3ccccc3)NS(=O)(=O)c3ccc(C)cc3)cc2)O[C@@H](c2ccc(CO)cc2)[C@H]1C. The molecular formula is C52H73N3O6S. The van der Waals surface area contributed by atoms with Gasteiger partial charge < -0.3 is 24.8 Å². The Morgan fingerprint density at radius 3 is 1.85 bits per heavy atom. The largest absolute Gasteiger partial charge is 0.392 e. The Balaban J connectivity index is 1.29. The predicted octanol–water partition coefficient (Wildman–Crippen LogP) is 10.5. The van der Waals surface area contributed by atoms with E-state index in [2.05, 4.69) is 47.8 Å². The summed E-state index contributed by atoms with van der Waals surface area (Å²) in [6, 6.07) is 31.0. The fourth-order valence-electron chi connectivity index (χ4n) is 8.22. The van der Waals surface area contributed by atoms with Crippen LogP contribution in [0.15, 0.2) is 108 Å². The number of rotatable bonds is 27. The Morgan fingerprint density at radius 2 is 1.26 bits per heavy atom. The average Bonchev–Trinajstić information content (AvgIpc) is 3.28. The van der Waals surface area contributed by atoms with E-state index in [1.54, 1.807) is 24.3 Å². The Hall–Kier alpha value is -3.90. The van der Waals surface area contributed by atoms with Crippen LogP contribution < -0.4 is 10.0 Å². The van der Waals surface area contributed by atoms with Crippen LogP contribution in [0.2, 0.25) is 0 Å². The zero-order valence-electron chi connectivity index (χ0n) is 37.8. The van der Waals surface area contributed by atoms with Gasteiger partial charge in [-0.25, -0.2) is 8.42 Å². The average molecular weight is 868 g/mol. The van der Waals surface area contributed by atoms with Crippen molar-refractivity contribution in [3.8, 4) is 0 Å². The number of carbonyl (C=O) groups is 1. The lowest BCUT2D eigenvalue weighted by Crippen LogP contribution is -2.47. The van der Waals surface area contributed by atoms with Gasteiger partial charge in [0, 0.05) is 24.6 Å². The summed E-state index contributed by atoms with van der Waals surface area (Å²) in [4.78, 5) is 16.5. The molecule has 0 unspecified atom stereocenters. The van der Waals surface area contributed by atoms with Crippen molar-refractivity contribution in [1.82, 2.24) is 14.9 Å².